The first-order chi connectivity index (χ1) is 9.78. The third kappa shape index (κ3) is 3.09. The van der Waals surface area contributed by atoms with Crippen LogP contribution in [0, 0.1) is 0 Å². The van der Waals surface area contributed by atoms with Crippen LogP contribution in [-0.4, -0.2) is 27.5 Å². The van der Waals surface area contributed by atoms with E-state index in [9.17, 15) is 0 Å². The fraction of sp³-hybridized carbons (Fsp3) is 0.188. The van der Waals surface area contributed by atoms with E-state index in [2.05, 4.69) is 4.99 Å². The molecular formula is C16H17NO3. The molecule has 2 rings (SSSR count). The van der Waals surface area contributed by atoms with Crippen LogP contribution in [0.15, 0.2) is 47.5 Å². The zero-order chi connectivity index (χ0) is 14.4. The first-order valence-electron chi connectivity index (χ1n) is 6.17. The minimum atomic E-state index is 0.564. The number of hydrogen-bond acceptors (Lipinski definition) is 4. The molecule has 0 spiro atoms. The molecule has 20 heavy (non-hydrogen) atoms. The Morgan fingerprint density at radius 3 is 1.95 bits per heavy atom. The number of ether oxygens (including phenoxy) is 3. The van der Waals surface area contributed by atoms with Crippen LogP contribution in [0.25, 0.3) is 0 Å². The SMILES string of the molecule is COc1cc(/N=C/c2ccccc2)cc(OC)c1OC. The highest BCUT2D eigenvalue weighted by atomic mass is 16.5. The van der Waals surface area contributed by atoms with Gasteiger partial charge in [0.15, 0.2) is 11.5 Å². The molecule has 0 aliphatic carbocycles. The highest BCUT2D eigenvalue weighted by molar-refractivity contribution is 5.82. The Morgan fingerprint density at radius 1 is 0.850 bits per heavy atom. The molecule has 0 aromatic heterocycles. The summed E-state index contributed by atoms with van der Waals surface area (Å²) in [5, 5.41) is 0. The van der Waals surface area contributed by atoms with Crippen molar-refractivity contribution in [1.82, 2.24) is 0 Å². The van der Waals surface area contributed by atoms with E-state index in [1.165, 1.54) is 0 Å². The Hall–Kier alpha value is -2.49. The lowest BCUT2D eigenvalue weighted by Gasteiger charge is -2.12. The van der Waals surface area contributed by atoms with Crippen LogP contribution in [0.5, 0.6) is 17.2 Å². The Bertz CT molecular complexity index is 569. The minimum absolute atomic E-state index is 0.564. The molecule has 0 saturated carbocycles. The van der Waals surface area contributed by atoms with Crippen LogP contribution in [0.2, 0.25) is 0 Å². The summed E-state index contributed by atoms with van der Waals surface area (Å²) in [6.45, 7) is 0. The fourth-order valence-corrected chi connectivity index (χ4v) is 1.83. The maximum absolute atomic E-state index is 5.29. The van der Waals surface area contributed by atoms with Crippen LogP contribution in [0.3, 0.4) is 0 Å². The van der Waals surface area contributed by atoms with Crippen molar-refractivity contribution in [3.63, 3.8) is 0 Å². The second-order valence-corrected chi connectivity index (χ2v) is 4.05. The van der Waals surface area contributed by atoms with Crippen molar-refractivity contribution in [2.75, 3.05) is 21.3 Å². The van der Waals surface area contributed by atoms with Gasteiger partial charge in [-0.3, -0.25) is 4.99 Å². The van der Waals surface area contributed by atoms with Crippen molar-refractivity contribution in [2.45, 2.75) is 0 Å². The second kappa shape index (κ2) is 6.61. The quantitative estimate of drug-likeness (QED) is 0.782. The van der Waals surface area contributed by atoms with Crippen LogP contribution < -0.4 is 14.2 Å². The van der Waals surface area contributed by atoms with Gasteiger partial charge in [0.2, 0.25) is 5.75 Å². The van der Waals surface area contributed by atoms with Gasteiger partial charge >= 0.3 is 0 Å². The summed E-state index contributed by atoms with van der Waals surface area (Å²) in [4.78, 5) is 4.43. The Morgan fingerprint density at radius 2 is 1.45 bits per heavy atom. The van der Waals surface area contributed by atoms with Gasteiger partial charge < -0.3 is 14.2 Å². The van der Waals surface area contributed by atoms with E-state index in [1.807, 2.05) is 30.3 Å². The molecule has 104 valence electrons. The minimum Gasteiger partial charge on any atom is -0.493 e. The van der Waals surface area contributed by atoms with E-state index in [-0.39, 0.29) is 0 Å². The maximum Gasteiger partial charge on any atom is 0.203 e. The molecule has 0 amide bonds. The summed E-state index contributed by atoms with van der Waals surface area (Å²) in [5.41, 5.74) is 1.77. The van der Waals surface area contributed by atoms with Gasteiger partial charge in [-0.25, -0.2) is 0 Å². The average Bonchev–Trinajstić information content (AvgIpc) is 2.52. The lowest BCUT2D eigenvalue weighted by atomic mass is 10.2. The van der Waals surface area contributed by atoms with Crippen LogP contribution >= 0.6 is 0 Å². The van der Waals surface area contributed by atoms with Crippen LogP contribution in [-0.2, 0) is 0 Å². The number of aliphatic imine (C=N–C) groups is 1. The van der Waals surface area contributed by atoms with E-state index < -0.39 is 0 Å². The van der Waals surface area contributed by atoms with E-state index in [1.54, 1.807) is 39.7 Å². The summed E-state index contributed by atoms with van der Waals surface area (Å²) in [6.07, 6.45) is 1.79. The molecule has 4 nitrogen and oxygen atoms in total. The summed E-state index contributed by atoms with van der Waals surface area (Å²) in [6, 6.07) is 13.5. The number of nitrogens with zero attached hydrogens (tertiary/aromatic N) is 1. The molecule has 0 radical (unpaired) electrons. The van der Waals surface area contributed by atoms with E-state index in [0.717, 1.165) is 11.3 Å². The van der Waals surface area contributed by atoms with Crippen molar-refractivity contribution in [2.24, 2.45) is 4.99 Å². The standard InChI is InChI=1S/C16H17NO3/c1-18-14-9-13(10-15(19-2)16(14)20-3)17-11-12-7-5-4-6-8-12/h4-11H,1-3H3/b17-11+. The molecule has 4 heteroatoms. The van der Waals surface area contributed by atoms with Gasteiger partial charge in [0, 0.05) is 18.3 Å². The van der Waals surface area contributed by atoms with Gasteiger partial charge in [0.05, 0.1) is 27.0 Å². The molecular weight excluding hydrogens is 254 g/mol. The molecule has 0 atom stereocenters. The normalized spacial score (nSPS) is 10.6. The molecule has 2 aromatic carbocycles. The molecule has 2 aromatic rings. The predicted octanol–water partition coefficient (Wildman–Crippen LogP) is 3.46. The lowest BCUT2D eigenvalue weighted by molar-refractivity contribution is 0.324. The smallest absolute Gasteiger partial charge is 0.203 e. The number of benzene rings is 2. The number of rotatable bonds is 5. The average molecular weight is 271 g/mol. The zero-order valence-corrected chi connectivity index (χ0v) is 11.8. The predicted molar refractivity (Wildman–Crippen MR) is 79.8 cm³/mol. The molecule has 0 unspecified atom stereocenters. The van der Waals surface area contributed by atoms with E-state index in [4.69, 9.17) is 14.2 Å². The van der Waals surface area contributed by atoms with E-state index in [0.29, 0.717) is 17.2 Å². The first kappa shape index (κ1) is 13.9. The molecule has 0 aliphatic rings. The number of methoxy groups -OCH3 is 3. The third-order valence-electron chi connectivity index (χ3n) is 2.81. The molecule has 0 aliphatic heterocycles. The van der Waals surface area contributed by atoms with Gasteiger partial charge in [-0.05, 0) is 5.56 Å². The highest BCUT2D eigenvalue weighted by Crippen LogP contribution is 2.40. The third-order valence-corrected chi connectivity index (χ3v) is 2.81. The second-order valence-electron chi connectivity index (χ2n) is 4.05. The van der Waals surface area contributed by atoms with Gasteiger partial charge in [-0.1, -0.05) is 30.3 Å². The topological polar surface area (TPSA) is 40.0 Å². The molecule has 0 N–H and O–H groups in total. The fourth-order valence-electron chi connectivity index (χ4n) is 1.83. The Kier molecular flexibility index (Phi) is 4.60. The van der Waals surface area contributed by atoms with Crippen molar-refractivity contribution in [3.8, 4) is 17.2 Å². The summed E-state index contributed by atoms with van der Waals surface area (Å²) >= 11 is 0. The van der Waals surface area contributed by atoms with E-state index >= 15 is 0 Å². The maximum atomic E-state index is 5.29. The van der Waals surface area contributed by atoms with Crippen LogP contribution in [0.4, 0.5) is 5.69 Å². The Labute approximate surface area is 118 Å². The van der Waals surface area contributed by atoms with Crippen molar-refractivity contribution >= 4 is 11.9 Å². The zero-order valence-electron chi connectivity index (χ0n) is 11.8. The molecule has 0 heterocycles. The summed E-state index contributed by atoms with van der Waals surface area (Å²) in [7, 11) is 4.75. The first-order valence-corrected chi connectivity index (χ1v) is 6.17. The van der Waals surface area contributed by atoms with Crippen molar-refractivity contribution in [3.05, 3.63) is 48.0 Å². The van der Waals surface area contributed by atoms with Crippen molar-refractivity contribution in [1.29, 1.82) is 0 Å². The summed E-state index contributed by atoms with van der Waals surface area (Å²) in [5.74, 6) is 1.74. The van der Waals surface area contributed by atoms with Crippen molar-refractivity contribution < 1.29 is 14.2 Å². The largest absolute Gasteiger partial charge is 0.493 e. The summed E-state index contributed by atoms with van der Waals surface area (Å²) < 4.78 is 15.9. The highest BCUT2D eigenvalue weighted by Gasteiger charge is 2.12. The molecule has 0 bridgehead atoms. The molecule has 0 fully saturated rings. The van der Waals surface area contributed by atoms with Gasteiger partial charge in [-0.15, -0.1) is 0 Å². The monoisotopic (exact) mass is 271 g/mol. The number of hydrogen-bond donors (Lipinski definition) is 0. The van der Waals surface area contributed by atoms with Gasteiger partial charge in [0.1, 0.15) is 0 Å². The Balaban J connectivity index is 2.35. The van der Waals surface area contributed by atoms with Crippen LogP contribution in [0.1, 0.15) is 5.56 Å². The molecule has 0 saturated heterocycles. The lowest BCUT2D eigenvalue weighted by Crippen LogP contribution is -1.94. The van der Waals surface area contributed by atoms with Gasteiger partial charge in [-0.2, -0.15) is 0 Å². The van der Waals surface area contributed by atoms with Gasteiger partial charge in [0.25, 0.3) is 0 Å².